The number of ether oxygens (including phenoxy) is 2. The first kappa shape index (κ1) is 31.3. The van der Waals surface area contributed by atoms with Crippen molar-refractivity contribution >= 4 is 35.6 Å². The second-order valence-electron chi connectivity index (χ2n) is 7.22. The van der Waals surface area contributed by atoms with Gasteiger partial charge in [0.1, 0.15) is 19.3 Å². The lowest BCUT2D eigenvalue weighted by molar-refractivity contribution is -0.147. The number of carbonyl (C=O) groups excluding carboxylic acids is 5. The molecule has 0 unspecified atom stereocenters. The zero-order chi connectivity index (χ0) is 26.5. The average Bonchev–Trinajstić information content (AvgIpc) is 2.80. The molecule has 0 heterocycles. The minimum Gasteiger partial charge on any atom is -0.480 e. The molecule has 0 fully saturated rings. The van der Waals surface area contributed by atoms with Crippen molar-refractivity contribution in [2.45, 2.75) is 51.5 Å². The maximum absolute atomic E-state index is 12.2. The van der Waals surface area contributed by atoms with Crippen molar-refractivity contribution < 1.29 is 43.3 Å². The number of hydrogen-bond acceptors (Lipinski definition) is 8. The number of esters is 1. The van der Waals surface area contributed by atoms with E-state index >= 15 is 0 Å². The van der Waals surface area contributed by atoms with Gasteiger partial charge in [-0.3, -0.25) is 19.2 Å². The maximum atomic E-state index is 12.2. The molecule has 0 aliphatic carbocycles. The number of rotatable bonds is 19. The second kappa shape index (κ2) is 19.8. The highest BCUT2D eigenvalue weighted by Crippen LogP contribution is 2.03. The number of carboxylic acid groups (broad SMARTS) is 1. The van der Waals surface area contributed by atoms with Crippen LogP contribution in [0.25, 0.3) is 0 Å². The van der Waals surface area contributed by atoms with E-state index in [1.54, 1.807) is 6.92 Å². The van der Waals surface area contributed by atoms with Gasteiger partial charge < -0.3 is 35.8 Å². The summed E-state index contributed by atoms with van der Waals surface area (Å²) in [5.74, 6) is -1.37. The summed E-state index contributed by atoms with van der Waals surface area (Å²) in [6, 6.07) is -0.940. The standard InChI is InChI=1S/C22H34N4O9/c1-3-5-6-10-17(27)24-12-18(28)25-13-19(29)26-16(22(33)35-4-2)9-7-8-11-23-20(30)14-34-15-21(31)32/h1,16H,4-15H2,2H3,(H,23,30)(H,24,27)(H,25,28)(H,26,29)(H,31,32)/t16-/m0/s1. The molecular weight excluding hydrogens is 464 g/mol. The second-order valence-corrected chi connectivity index (χ2v) is 7.22. The molecule has 1 atom stereocenters. The van der Waals surface area contributed by atoms with Gasteiger partial charge in [-0.2, -0.15) is 0 Å². The Morgan fingerprint density at radius 2 is 1.57 bits per heavy atom. The topological polar surface area (TPSA) is 189 Å². The maximum Gasteiger partial charge on any atom is 0.329 e. The quantitative estimate of drug-likeness (QED) is 0.0798. The fraction of sp³-hybridized carbons (Fsp3) is 0.636. The van der Waals surface area contributed by atoms with Crippen molar-refractivity contribution in [3.63, 3.8) is 0 Å². The number of nitrogens with one attached hydrogen (secondary N) is 4. The molecule has 0 saturated carbocycles. The van der Waals surface area contributed by atoms with E-state index in [0.29, 0.717) is 25.7 Å². The zero-order valence-corrected chi connectivity index (χ0v) is 19.9. The summed E-state index contributed by atoms with van der Waals surface area (Å²) in [7, 11) is 0. The van der Waals surface area contributed by atoms with E-state index in [-0.39, 0.29) is 45.1 Å². The monoisotopic (exact) mass is 498 g/mol. The van der Waals surface area contributed by atoms with Crippen LogP contribution in [0.3, 0.4) is 0 Å². The lowest BCUT2D eigenvalue weighted by atomic mass is 10.1. The van der Waals surface area contributed by atoms with E-state index in [0.717, 1.165) is 0 Å². The van der Waals surface area contributed by atoms with Crippen molar-refractivity contribution in [3.05, 3.63) is 0 Å². The fourth-order valence-electron chi connectivity index (χ4n) is 2.58. The van der Waals surface area contributed by atoms with Crippen LogP contribution >= 0.6 is 0 Å². The summed E-state index contributed by atoms with van der Waals surface area (Å²) in [5.41, 5.74) is 0. The van der Waals surface area contributed by atoms with Gasteiger partial charge in [0.25, 0.3) is 0 Å². The van der Waals surface area contributed by atoms with Crippen LogP contribution in [0.2, 0.25) is 0 Å². The fourth-order valence-corrected chi connectivity index (χ4v) is 2.58. The van der Waals surface area contributed by atoms with Gasteiger partial charge in [0.2, 0.25) is 23.6 Å². The number of terminal acetylenes is 1. The Labute approximate surface area is 204 Å². The van der Waals surface area contributed by atoms with Gasteiger partial charge in [-0.05, 0) is 32.6 Å². The number of carbonyl (C=O) groups is 6. The summed E-state index contributed by atoms with van der Waals surface area (Å²) in [6.07, 6.45) is 7.43. The zero-order valence-electron chi connectivity index (χ0n) is 19.9. The molecule has 0 bridgehead atoms. The molecule has 13 heteroatoms. The summed E-state index contributed by atoms with van der Waals surface area (Å²) in [6.45, 7) is 0.370. The average molecular weight is 499 g/mol. The van der Waals surface area contributed by atoms with Crippen LogP contribution in [0.1, 0.15) is 45.4 Å². The number of carboxylic acids is 1. The third-order valence-electron chi connectivity index (χ3n) is 4.22. The van der Waals surface area contributed by atoms with Crippen molar-refractivity contribution in [2.24, 2.45) is 0 Å². The molecule has 13 nitrogen and oxygen atoms in total. The van der Waals surface area contributed by atoms with E-state index in [2.05, 4.69) is 31.9 Å². The van der Waals surface area contributed by atoms with Crippen molar-refractivity contribution in [1.29, 1.82) is 0 Å². The molecule has 0 aromatic carbocycles. The molecule has 0 aromatic rings. The van der Waals surface area contributed by atoms with Crippen molar-refractivity contribution in [3.8, 4) is 12.3 Å². The molecule has 0 aliphatic rings. The highest BCUT2D eigenvalue weighted by atomic mass is 16.5. The third-order valence-corrected chi connectivity index (χ3v) is 4.22. The molecule has 35 heavy (non-hydrogen) atoms. The predicted molar refractivity (Wildman–Crippen MR) is 123 cm³/mol. The van der Waals surface area contributed by atoms with Crippen LogP contribution in [0.4, 0.5) is 0 Å². The Balaban J connectivity index is 4.29. The summed E-state index contributed by atoms with van der Waals surface area (Å²) < 4.78 is 9.62. The first-order chi connectivity index (χ1) is 16.7. The highest BCUT2D eigenvalue weighted by molar-refractivity contribution is 5.90. The molecule has 0 aromatic heterocycles. The van der Waals surface area contributed by atoms with Crippen LogP contribution in [0.15, 0.2) is 0 Å². The molecule has 0 rings (SSSR count). The Hall–Kier alpha value is -3.66. The molecule has 0 saturated heterocycles. The summed E-state index contributed by atoms with van der Waals surface area (Å²) in [5, 5.41) is 18.2. The van der Waals surface area contributed by atoms with Crippen LogP contribution in [0, 0.1) is 12.3 Å². The van der Waals surface area contributed by atoms with Crippen molar-refractivity contribution in [2.75, 3.05) is 39.5 Å². The highest BCUT2D eigenvalue weighted by Gasteiger charge is 2.22. The minimum atomic E-state index is -1.18. The van der Waals surface area contributed by atoms with E-state index in [4.69, 9.17) is 16.3 Å². The molecule has 4 amide bonds. The van der Waals surface area contributed by atoms with Gasteiger partial charge >= 0.3 is 11.9 Å². The summed E-state index contributed by atoms with van der Waals surface area (Å²) in [4.78, 5) is 69.5. The lowest BCUT2D eigenvalue weighted by Crippen LogP contribution is -2.47. The largest absolute Gasteiger partial charge is 0.480 e. The third kappa shape index (κ3) is 18.5. The van der Waals surface area contributed by atoms with Crippen molar-refractivity contribution in [1.82, 2.24) is 21.3 Å². The van der Waals surface area contributed by atoms with Crippen LogP contribution in [-0.4, -0.2) is 86.2 Å². The normalized spacial score (nSPS) is 10.9. The lowest BCUT2D eigenvalue weighted by Gasteiger charge is -2.17. The van der Waals surface area contributed by atoms with Gasteiger partial charge in [0.05, 0.1) is 19.7 Å². The van der Waals surface area contributed by atoms with E-state index in [1.165, 1.54) is 0 Å². The Morgan fingerprint density at radius 3 is 2.23 bits per heavy atom. The van der Waals surface area contributed by atoms with E-state index in [9.17, 15) is 28.8 Å². The molecule has 196 valence electrons. The molecule has 0 aliphatic heterocycles. The van der Waals surface area contributed by atoms with Gasteiger partial charge in [-0.25, -0.2) is 9.59 Å². The Morgan fingerprint density at radius 1 is 0.886 bits per heavy atom. The number of aliphatic carboxylic acids is 1. The van der Waals surface area contributed by atoms with Gasteiger partial charge in [0, 0.05) is 19.4 Å². The summed E-state index contributed by atoms with van der Waals surface area (Å²) >= 11 is 0. The van der Waals surface area contributed by atoms with Crippen LogP contribution in [-0.2, 0) is 38.2 Å². The van der Waals surface area contributed by atoms with Gasteiger partial charge in [0.15, 0.2) is 0 Å². The Bertz CT molecular complexity index is 765. The number of hydrogen-bond donors (Lipinski definition) is 5. The molecule has 0 spiro atoms. The predicted octanol–water partition coefficient (Wildman–Crippen LogP) is -1.54. The van der Waals surface area contributed by atoms with Crippen LogP contribution < -0.4 is 21.3 Å². The Kier molecular flexibility index (Phi) is 17.7. The van der Waals surface area contributed by atoms with Crippen LogP contribution in [0.5, 0.6) is 0 Å². The first-order valence-electron chi connectivity index (χ1n) is 11.2. The van der Waals surface area contributed by atoms with Gasteiger partial charge in [-0.1, -0.05) is 0 Å². The first-order valence-corrected chi connectivity index (χ1v) is 11.2. The van der Waals surface area contributed by atoms with Gasteiger partial charge in [-0.15, -0.1) is 12.3 Å². The number of unbranched alkanes of at least 4 members (excludes halogenated alkanes) is 2. The SMILES string of the molecule is C#CCCCC(=O)NCC(=O)NCC(=O)N[C@@H](CCCCNC(=O)COCC(=O)O)C(=O)OCC. The minimum absolute atomic E-state index is 0.120. The van der Waals surface area contributed by atoms with E-state index < -0.39 is 48.9 Å². The van der Waals surface area contributed by atoms with E-state index in [1.807, 2.05) is 0 Å². The molecule has 0 radical (unpaired) electrons. The smallest absolute Gasteiger partial charge is 0.329 e. The number of amides is 4. The molecule has 5 N–H and O–H groups in total. The molecular formula is C22H34N4O9.